The van der Waals surface area contributed by atoms with Crippen LogP contribution in [-0.4, -0.2) is 29.0 Å². The first-order valence-corrected chi connectivity index (χ1v) is 8.66. The van der Waals surface area contributed by atoms with Gasteiger partial charge in [0.25, 0.3) is 0 Å². The maximum absolute atomic E-state index is 12.6. The summed E-state index contributed by atoms with van der Waals surface area (Å²) in [4.78, 5) is 14.6. The zero-order valence-electron chi connectivity index (χ0n) is 12.7. The van der Waals surface area contributed by atoms with Crippen molar-refractivity contribution in [3.8, 4) is 0 Å². The monoisotopic (exact) mass is 312 g/mol. The fraction of sp³-hybridized carbons (Fsp3) is 0.278. The van der Waals surface area contributed by atoms with E-state index in [1.807, 2.05) is 47.0 Å². The molecule has 4 heteroatoms. The van der Waals surface area contributed by atoms with Crippen molar-refractivity contribution in [2.75, 3.05) is 23.4 Å². The Morgan fingerprint density at radius 1 is 1.14 bits per heavy atom. The Kier molecular flexibility index (Phi) is 4.68. The van der Waals surface area contributed by atoms with Gasteiger partial charge in [0.1, 0.15) is 0 Å². The zero-order chi connectivity index (χ0) is 15.4. The molecule has 3 nitrogen and oxygen atoms in total. The Labute approximate surface area is 135 Å². The van der Waals surface area contributed by atoms with E-state index in [1.165, 1.54) is 11.1 Å². The highest BCUT2D eigenvalue weighted by atomic mass is 32.2. The number of amides is 2. The first-order valence-electron chi connectivity index (χ1n) is 7.51. The molecule has 1 N–H and O–H groups in total. The van der Waals surface area contributed by atoms with Crippen LogP contribution in [0.15, 0.2) is 54.6 Å². The number of carbonyl (C=O) groups is 1. The van der Waals surface area contributed by atoms with E-state index in [0.29, 0.717) is 0 Å². The second-order valence-electron chi connectivity index (χ2n) is 5.49. The van der Waals surface area contributed by atoms with Crippen LogP contribution < -0.4 is 5.32 Å². The van der Waals surface area contributed by atoms with E-state index in [1.54, 1.807) is 0 Å². The van der Waals surface area contributed by atoms with Crippen molar-refractivity contribution in [1.82, 2.24) is 4.90 Å². The largest absolute Gasteiger partial charge is 0.322 e. The summed E-state index contributed by atoms with van der Waals surface area (Å²) in [6.07, 6.45) is 0. The molecule has 114 valence electrons. The summed E-state index contributed by atoms with van der Waals surface area (Å²) in [6, 6.07) is 18.3. The summed E-state index contributed by atoms with van der Waals surface area (Å²) in [5.74, 6) is 1.94. The number of urea groups is 1. The number of para-hydroxylation sites is 1. The van der Waals surface area contributed by atoms with Gasteiger partial charge in [0.05, 0.1) is 6.04 Å². The number of benzene rings is 2. The van der Waals surface area contributed by atoms with Crippen molar-refractivity contribution in [1.29, 1.82) is 0 Å². The van der Waals surface area contributed by atoms with Crippen molar-refractivity contribution in [3.05, 3.63) is 65.7 Å². The van der Waals surface area contributed by atoms with Crippen LogP contribution in [0, 0.1) is 6.92 Å². The SMILES string of the molecule is Cc1ccc([C@H]2CSCCN2C(=O)Nc2ccccc2)cc1. The molecule has 1 atom stereocenters. The average Bonchev–Trinajstić information content (AvgIpc) is 2.56. The molecule has 3 rings (SSSR count). The normalized spacial score (nSPS) is 18.0. The Morgan fingerprint density at radius 3 is 2.59 bits per heavy atom. The molecule has 1 heterocycles. The zero-order valence-corrected chi connectivity index (χ0v) is 13.5. The maximum atomic E-state index is 12.6. The summed E-state index contributed by atoms with van der Waals surface area (Å²) in [6.45, 7) is 2.86. The van der Waals surface area contributed by atoms with E-state index < -0.39 is 0 Å². The summed E-state index contributed by atoms with van der Waals surface area (Å²) in [7, 11) is 0. The molecule has 0 aliphatic carbocycles. The summed E-state index contributed by atoms with van der Waals surface area (Å²) >= 11 is 1.91. The van der Waals surface area contributed by atoms with Crippen molar-refractivity contribution in [2.45, 2.75) is 13.0 Å². The first-order chi connectivity index (χ1) is 10.7. The fourth-order valence-electron chi connectivity index (χ4n) is 2.63. The number of hydrogen-bond donors (Lipinski definition) is 1. The summed E-state index contributed by atoms with van der Waals surface area (Å²) in [5.41, 5.74) is 3.29. The molecule has 0 spiro atoms. The lowest BCUT2D eigenvalue weighted by Gasteiger charge is -2.35. The van der Waals surface area contributed by atoms with Gasteiger partial charge in [0, 0.05) is 23.7 Å². The first kappa shape index (κ1) is 15.0. The molecule has 1 aliphatic rings. The van der Waals surface area contributed by atoms with Gasteiger partial charge in [-0.05, 0) is 24.6 Å². The molecule has 2 aromatic carbocycles. The molecular formula is C18H20N2OS. The Balaban J connectivity index is 1.77. The molecule has 2 amide bonds. The van der Waals surface area contributed by atoms with Crippen LogP contribution in [0.1, 0.15) is 17.2 Å². The number of aryl methyl sites for hydroxylation is 1. The third-order valence-corrected chi connectivity index (χ3v) is 4.90. The number of thioether (sulfide) groups is 1. The minimum Gasteiger partial charge on any atom is -0.316 e. The highest BCUT2D eigenvalue weighted by Crippen LogP contribution is 2.30. The van der Waals surface area contributed by atoms with Gasteiger partial charge in [-0.1, -0.05) is 48.0 Å². The molecule has 0 radical (unpaired) electrons. The van der Waals surface area contributed by atoms with Crippen LogP contribution in [-0.2, 0) is 0 Å². The molecule has 0 bridgehead atoms. The standard InChI is InChI=1S/C18H20N2OS/c1-14-7-9-15(10-8-14)17-13-22-12-11-20(17)18(21)19-16-5-3-2-4-6-16/h2-10,17H,11-13H2,1H3,(H,19,21)/t17-/m1/s1. The van der Waals surface area contributed by atoms with Crippen LogP contribution in [0.3, 0.4) is 0 Å². The van der Waals surface area contributed by atoms with E-state index in [9.17, 15) is 4.79 Å². The molecule has 1 saturated heterocycles. The Bertz CT molecular complexity index is 627. The van der Waals surface area contributed by atoms with E-state index >= 15 is 0 Å². The van der Waals surface area contributed by atoms with Crippen molar-refractivity contribution < 1.29 is 4.79 Å². The number of nitrogens with zero attached hydrogens (tertiary/aromatic N) is 1. The van der Waals surface area contributed by atoms with Crippen molar-refractivity contribution >= 4 is 23.5 Å². The number of nitrogens with one attached hydrogen (secondary N) is 1. The fourth-order valence-corrected chi connectivity index (χ4v) is 3.72. The second-order valence-corrected chi connectivity index (χ2v) is 6.64. The number of carbonyl (C=O) groups excluding carboxylic acids is 1. The van der Waals surface area contributed by atoms with Crippen LogP contribution in [0.2, 0.25) is 0 Å². The Hall–Kier alpha value is -1.94. The highest BCUT2D eigenvalue weighted by Gasteiger charge is 2.28. The van der Waals surface area contributed by atoms with E-state index in [4.69, 9.17) is 0 Å². The van der Waals surface area contributed by atoms with Gasteiger partial charge in [-0.3, -0.25) is 0 Å². The van der Waals surface area contributed by atoms with E-state index in [0.717, 1.165) is 23.7 Å². The maximum Gasteiger partial charge on any atom is 0.322 e. The number of hydrogen-bond acceptors (Lipinski definition) is 2. The lowest BCUT2D eigenvalue weighted by atomic mass is 10.1. The molecule has 0 unspecified atom stereocenters. The molecule has 1 aliphatic heterocycles. The van der Waals surface area contributed by atoms with Crippen LogP contribution in [0.5, 0.6) is 0 Å². The third kappa shape index (κ3) is 3.45. The van der Waals surface area contributed by atoms with E-state index in [2.05, 4.69) is 36.5 Å². The van der Waals surface area contributed by atoms with E-state index in [-0.39, 0.29) is 12.1 Å². The van der Waals surface area contributed by atoms with Gasteiger partial charge < -0.3 is 10.2 Å². The second kappa shape index (κ2) is 6.88. The Morgan fingerprint density at radius 2 is 1.86 bits per heavy atom. The average molecular weight is 312 g/mol. The van der Waals surface area contributed by atoms with Crippen LogP contribution in [0.4, 0.5) is 10.5 Å². The topological polar surface area (TPSA) is 32.3 Å². The quantitative estimate of drug-likeness (QED) is 0.896. The highest BCUT2D eigenvalue weighted by molar-refractivity contribution is 7.99. The van der Waals surface area contributed by atoms with Gasteiger partial charge in [-0.2, -0.15) is 11.8 Å². The molecule has 0 saturated carbocycles. The van der Waals surface area contributed by atoms with Gasteiger partial charge >= 0.3 is 6.03 Å². The molecular weight excluding hydrogens is 292 g/mol. The molecule has 0 aromatic heterocycles. The molecule has 22 heavy (non-hydrogen) atoms. The van der Waals surface area contributed by atoms with Crippen molar-refractivity contribution in [3.63, 3.8) is 0 Å². The van der Waals surface area contributed by atoms with Crippen LogP contribution in [0.25, 0.3) is 0 Å². The number of rotatable bonds is 2. The van der Waals surface area contributed by atoms with Gasteiger partial charge in [0.15, 0.2) is 0 Å². The minimum atomic E-state index is -0.0166. The predicted octanol–water partition coefficient (Wildman–Crippen LogP) is 4.32. The van der Waals surface area contributed by atoms with Crippen molar-refractivity contribution in [2.24, 2.45) is 0 Å². The summed E-state index contributed by atoms with van der Waals surface area (Å²) in [5, 5.41) is 3.00. The van der Waals surface area contributed by atoms with Gasteiger partial charge in [0.2, 0.25) is 0 Å². The lowest BCUT2D eigenvalue weighted by Crippen LogP contribution is -2.43. The molecule has 1 fully saturated rings. The third-order valence-electron chi connectivity index (χ3n) is 3.88. The van der Waals surface area contributed by atoms with Gasteiger partial charge in [-0.25, -0.2) is 4.79 Å². The molecule has 2 aromatic rings. The summed E-state index contributed by atoms with van der Waals surface area (Å²) < 4.78 is 0. The van der Waals surface area contributed by atoms with Crippen LogP contribution >= 0.6 is 11.8 Å². The smallest absolute Gasteiger partial charge is 0.316 e. The predicted molar refractivity (Wildman–Crippen MR) is 93.4 cm³/mol. The minimum absolute atomic E-state index is 0.0166. The lowest BCUT2D eigenvalue weighted by molar-refractivity contribution is 0.196. The number of anilines is 1. The van der Waals surface area contributed by atoms with Gasteiger partial charge in [-0.15, -0.1) is 0 Å².